The van der Waals surface area contributed by atoms with Gasteiger partial charge in [0.1, 0.15) is 0 Å². The maximum absolute atomic E-state index is 11.6. The highest BCUT2D eigenvalue weighted by Gasteiger charge is 2.26. The Kier molecular flexibility index (Phi) is 3.64. The van der Waals surface area contributed by atoms with Crippen LogP contribution >= 0.6 is 0 Å². The van der Waals surface area contributed by atoms with Crippen molar-refractivity contribution in [1.82, 2.24) is 9.88 Å². The van der Waals surface area contributed by atoms with Crippen LogP contribution in [0.1, 0.15) is 18.4 Å². The first kappa shape index (κ1) is 13.7. The summed E-state index contributed by atoms with van der Waals surface area (Å²) in [5.41, 5.74) is 6.49. The molecule has 0 radical (unpaired) electrons. The van der Waals surface area contributed by atoms with E-state index in [4.69, 9.17) is 10.5 Å². The number of amides is 2. The van der Waals surface area contributed by atoms with Crippen LogP contribution in [0.4, 0.5) is 4.79 Å². The van der Waals surface area contributed by atoms with Gasteiger partial charge in [-0.25, -0.2) is 9.78 Å². The number of pyridine rings is 1. The van der Waals surface area contributed by atoms with Crippen molar-refractivity contribution in [3.8, 4) is 5.88 Å². The number of rotatable bonds is 5. The van der Waals surface area contributed by atoms with Crippen LogP contribution in [0.2, 0.25) is 0 Å². The molecule has 0 unspecified atom stereocenters. The number of carbonyl (C=O) groups is 1. The topological polar surface area (TPSA) is 68.4 Å². The lowest BCUT2D eigenvalue weighted by Gasteiger charge is -2.21. The molecule has 3 rings (SSSR count). The molecular formula is C16H19N3O2. The van der Waals surface area contributed by atoms with Crippen molar-refractivity contribution in [2.24, 2.45) is 11.7 Å². The highest BCUT2D eigenvalue weighted by atomic mass is 16.5. The SMILES string of the molecule is COc1ncc(CN(CC2CC2)C(N)=O)c2ccccc12. The summed E-state index contributed by atoms with van der Waals surface area (Å²) in [5, 5.41) is 2.00. The van der Waals surface area contributed by atoms with Gasteiger partial charge in [0, 0.05) is 24.7 Å². The van der Waals surface area contributed by atoms with Gasteiger partial charge >= 0.3 is 6.03 Å². The average molecular weight is 285 g/mol. The van der Waals surface area contributed by atoms with E-state index in [-0.39, 0.29) is 6.03 Å². The second kappa shape index (κ2) is 5.60. The van der Waals surface area contributed by atoms with E-state index < -0.39 is 0 Å². The van der Waals surface area contributed by atoms with E-state index in [1.54, 1.807) is 18.2 Å². The fourth-order valence-corrected chi connectivity index (χ4v) is 2.56. The van der Waals surface area contributed by atoms with Crippen LogP contribution in [0.5, 0.6) is 5.88 Å². The molecular weight excluding hydrogens is 266 g/mol. The molecule has 0 bridgehead atoms. The van der Waals surface area contributed by atoms with Gasteiger partial charge in [0.15, 0.2) is 0 Å². The molecule has 1 aromatic carbocycles. The van der Waals surface area contributed by atoms with E-state index in [1.165, 1.54) is 12.8 Å². The maximum atomic E-state index is 11.6. The summed E-state index contributed by atoms with van der Waals surface area (Å²) in [6.07, 6.45) is 4.14. The Morgan fingerprint density at radius 2 is 2.10 bits per heavy atom. The Morgan fingerprint density at radius 3 is 2.71 bits per heavy atom. The lowest BCUT2D eigenvalue weighted by Crippen LogP contribution is -2.36. The third-order valence-corrected chi connectivity index (χ3v) is 3.88. The molecule has 0 atom stereocenters. The van der Waals surface area contributed by atoms with Crippen LogP contribution < -0.4 is 10.5 Å². The van der Waals surface area contributed by atoms with Gasteiger partial charge in [-0.05, 0) is 35.8 Å². The molecule has 5 heteroatoms. The predicted octanol–water partition coefficient (Wildman–Crippen LogP) is 2.53. The summed E-state index contributed by atoms with van der Waals surface area (Å²) in [6, 6.07) is 7.54. The highest BCUT2D eigenvalue weighted by molar-refractivity contribution is 5.89. The standard InChI is InChI=1S/C16H19N3O2/c1-21-15-14-5-3-2-4-13(14)12(8-18-15)10-19(16(17)20)9-11-6-7-11/h2-5,8,11H,6-7,9-10H2,1H3,(H2,17,20). The molecule has 1 aliphatic rings. The molecule has 2 N–H and O–H groups in total. The molecule has 0 saturated heterocycles. The first-order valence-electron chi connectivity index (χ1n) is 7.14. The Labute approximate surface area is 123 Å². The Hall–Kier alpha value is -2.30. The van der Waals surface area contributed by atoms with Crippen molar-refractivity contribution in [3.05, 3.63) is 36.0 Å². The normalized spacial score (nSPS) is 14.1. The van der Waals surface area contributed by atoms with E-state index in [0.717, 1.165) is 22.9 Å². The van der Waals surface area contributed by atoms with E-state index in [1.807, 2.05) is 24.3 Å². The second-order valence-electron chi connectivity index (χ2n) is 5.50. The van der Waals surface area contributed by atoms with Crippen molar-refractivity contribution < 1.29 is 9.53 Å². The van der Waals surface area contributed by atoms with Crippen molar-refractivity contribution in [1.29, 1.82) is 0 Å². The minimum absolute atomic E-state index is 0.373. The zero-order chi connectivity index (χ0) is 14.8. The number of carbonyl (C=O) groups excluding carboxylic acids is 1. The van der Waals surface area contributed by atoms with Gasteiger partial charge in [-0.1, -0.05) is 18.2 Å². The molecule has 1 saturated carbocycles. The number of nitrogens with zero attached hydrogens (tertiary/aromatic N) is 2. The fourth-order valence-electron chi connectivity index (χ4n) is 2.56. The van der Waals surface area contributed by atoms with Gasteiger partial charge in [0.05, 0.1) is 7.11 Å². The van der Waals surface area contributed by atoms with Crippen LogP contribution in [0.15, 0.2) is 30.5 Å². The summed E-state index contributed by atoms with van der Waals surface area (Å²) in [7, 11) is 1.61. The van der Waals surface area contributed by atoms with E-state index >= 15 is 0 Å². The zero-order valence-electron chi connectivity index (χ0n) is 12.1. The number of nitrogens with two attached hydrogens (primary N) is 1. The molecule has 0 spiro atoms. The summed E-state index contributed by atoms with van der Waals surface area (Å²) < 4.78 is 5.29. The number of hydrogen-bond donors (Lipinski definition) is 1. The molecule has 0 aliphatic heterocycles. The van der Waals surface area contributed by atoms with E-state index in [9.17, 15) is 4.79 Å². The lowest BCUT2D eigenvalue weighted by molar-refractivity contribution is 0.202. The second-order valence-corrected chi connectivity index (χ2v) is 5.50. The molecule has 1 fully saturated rings. The molecule has 21 heavy (non-hydrogen) atoms. The minimum atomic E-state index is -0.373. The summed E-state index contributed by atoms with van der Waals surface area (Å²) in [6.45, 7) is 1.22. The fraction of sp³-hybridized carbons (Fsp3) is 0.375. The molecule has 1 aliphatic carbocycles. The Bertz CT molecular complexity index is 668. The van der Waals surface area contributed by atoms with Gasteiger partial charge in [0.2, 0.25) is 5.88 Å². The van der Waals surface area contributed by atoms with Crippen LogP contribution in [-0.4, -0.2) is 29.6 Å². The van der Waals surface area contributed by atoms with Crippen LogP contribution in [0.25, 0.3) is 10.8 Å². The number of fused-ring (bicyclic) bond motifs is 1. The summed E-state index contributed by atoms with van der Waals surface area (Å²) in [4.78, 5) is 17.7. The van der Waals surface area contributed by atoms with Gasteiger partial charge in [-0.15, -0.1) is 0 Å². The quantitative estimate of drug-likeness (QED) is 0.917. The number of urea groups is 1. The Morgan fingerprint density at radius 1 is 1.38 bits per heavy atom. The van der Waals surface area contributed by atoms with E-state index in [2.05, 4.69) is 4.98 Å². The zero-order valence-corrected chi connectivity index (χ0v) is 12.1. The average Bonchev–Trinajstić information content (AvgIpc) is 3.30. The number of methoxy groups -OCH3 is 1. The largest absolute Gasteiger partial charge is 0.481 e. The number of aromatic nitrogens is 1. The third kappa shape index (κ3) is 2.91. The van der Waals surface area contributed by atoms with Crippen molar-refractivity contribution in [2.45, 2.75) is 19.4 Å². The summed E-state index contributed by atoms with van der Waals surface area (Å²) in [5.74, 6) is 1.21. The number of primary amides is 1. The third-order valence-electron chi connectivity index (χ3n) is 3.88. The molecule has 5 nitrogen and oxygen atoms in total. The number of benzene rings is 1. The van der Waals surface area contributed by atoms with Crippen LogP contribution in [0, 0.1) is 5.92 Å². The Balaban J connectivity index is 1.93. The van der Waals surface area contributed by atoms with Crippen LogP contribution in [-0.2, 0) is 6.54 Å². The van der Waals surface area contributed by atoms with Gasteiger partial charge in [0.25, 0.3) is 0 Å². The molecule has 2 aromatic rings. The van der Waals surface area contributed by atoms with Gasteiger partial charge in [-0.3, -0.25) is 0 Å². The lowest BCUT2D eigenvalue weighted by atomic mass is 10.1. The first-order chi connectivity index (χ1) is 10.2. The smallest absolute Gasteiger partial charge is 0.315 e. The van der Waals surface area contributed by atoms with Crippen molar-refractivity contribution >= 4 is 16.8 Å². The van der Waals surface area contributed by atoms with Crippen LogP contribution in [0.3, 0.4) is 0 Å². The predicted molar refractivity (Wildman–Crippen MR) is 81.0 cm³/mol. The monoisotopic (exact) mass is 285 g/mol. The first-order valence-corrected chi connectivity index (χ1v) is 7.14. The molecule has 1 heterocycles. The molecule has 2 amide bonds. The van der Waals surface area contributed by atoms with Gasteiger partial charge < -0.3 is 15.4 Å². The van der Waals surface area contributed by atoms with Crippen molar-refractivity contribution in [2.75, 3.05) is 13.7 Å². The number of ether oxygens (including phenoxy) is 1. The minimum Gasteiger partial charge on any atom is -0.481 e. The van der Waals surface area contributed by atoms with Crippen molar-refractivity contribution in [3.63, 3.8) is 0 Å². The molecule has 110 valence electrons. The molecule has 1 aromatic heterocycles. The maximum Gasteiger partial charge on any atom is 0.315 e. The summed E-state index contributed by atoms with van der Waals surface area (Å²) >= 11 is 0. The highest BCUT2D eigenvalue weighted by Crippen LogP contribution is 2.31. The van der Waals surface area contributed by atoms with Gasteiger partial charge in [-0.2, -0.15) is 0 Å². The van der Waals surface area contributed by atoms with E-state index in [0.29, 0.717) is 18.3 Å². The number of hydrogen-bond acceptors (Lipinski definition) is 3.